The first-order valence-corrected chi connectivity index (χ1v) is 11.9. The molecule has 0 aliphatic rings. The van der Waals surface area contributed by atoms with Crippen molar-refractivity contribution >= 4 is 29.6 Å². The smallest absolute Gasteiger partial charge is 0.244 e. The molecule has 0 atom stereocenters. The summed E-state index contributed by atoms with van der Waals surface area (Å²) in [5.41, 5.74) is -0.403. The third-order valence-corrected chi connectivity index (χ3v) is 13.0. The third kappa shape index (κ3) is 3.91. The van der Waals surface area contributed by atoms with Crippen molar-refractivity contribution in [3.63, 3.8) is 0 Å². The molecule has 7 heteroatoms. The Morgan fingerprint density at radius 3 is 2.05 bits per heavy atom. The van der Waals surface area contributed by atoms with Gasteiger partial charge in [0, 0.05) is 0 Å². The van der Waals surface area contributed by atoms with E-state index in [1.807, 2.05) is 13.1 Å². The standard InChI is InChI=1S/C13H25NO3S2Si/c1-12(2,3)20(6,7)14-19(16,17)11-8-10(9-18-11)13(4,5)15/h8-9,14-15H,1-7H3. The van der Waals surface area contributed by atoms with E-state index in [0.29, 0.717) is 5.56 Å². The summed E-state index contributed by atoms with van der Waals surface area (Å²) in [5.74, 6) is 0. The number of aliphatic hydroxyl groups is 1. The summed E-state index contributed by atoms with van der Waals surface area (Å²) in [7, 11) is -5.67. The van der Waals surface area contributed by atoms with E-state index in [0.717, 1.165) is 11.3 Å². The van der Waals surface area contributed by atoms with Gasteiger partial charge in [-0.25, -0.2) is 12.8 Å². The number of hydrogen-bond acceptors (Lipinski definition) is 4. The molecule has 0 aromatic carbocycles. The van der Waals surface area contributed by atoms with Crippen molar-refractivity contribution in [1.82, 2.24) is 4.39 Å². The topological polar surface area (TPSA) is 66.4 Å². The molecule has 1 aromatic rings. The summed E-state index contributed by atoms with van der Waals surface area (Å²) in [5, 5.41) is 11.6. The van der Waals surface area contributed by atoms with Crippen LogP contribution in [0.15, 0.2) is 15.7 Å². The van der Waals surface area contributed by atoms with E-state index >= 15 is 0 Å². The molecule has 0 bridgehead atoms. The van der Waals surface area contributed by atoms with E-state index < -0.39 is 23.9 Å². The monoisotopic (exact) mass is 335 g/mol. The highest BCUT2D eigenvalue weighted by atomic mass is 32.2. The molecule has 116 valence electrons. The molecule has 0 fully saturated rings. The van der Waals surface area contributed by atoms with Crippen LogP contribution in [0.3, 0.4) is 0 Å². The summed E-state index contributed by atoms with van der Waals surface area (Å²) in [4.78, 5) is 0. The molecule has 4 nitrogen and oxygen atoms in total. The highest BCUT2D eigenvalue weighted by Crippen LogP contribution is 2.36. The lowest BCUT2D eigenvalue weighted by atomic mass is 10.0. The second-order valence-electron chi connectivity index (χ2n) is 7.19. The van der Waals surface area contributed by atoms with Gasteiger partial charge in [-0.1, -0.05) is 33.9 Å². The van der Waals surface area contributed by atoms with E-state index in [2.05, 4.69) is 25.2 Å². The van der Waals surface area contributed by atoms with Gasteiger partial charge in [0.15, 0.2) is 0 Å². The molecule has 0 unspecified atom stereocenters. The summed E-state index contributed by atoms with van der Waals surface area (Å²) in [6, 6.07) is 1.56. The van der Waals surface area contributed by atoms with Crippen LogP contribution in [0, 0.1) is 0 Å². The van der Waals surface area contributed by atoms with E-state index in [-0.39, 0.29) is 9.25 Å². The molecular formula is C13H25NO3S2Si. The van der Waals surface area contributed by atoms with Gasteiger partial charge >= 0.3 is 0 Å². The molecule has 0 aliphatic heterocycles. The molecule has 0 saturated heterocycles. The van der Waals surface area contributed by atoms with Crippen LogP contribution in [-0.2, 0) is 15.6 Å². The van der Waals surface area contributed by atoms with Crippen LogP contribution in [-0.4, -0.2) is 21.8 Å². The number of thiophene rings is 1. The second kappa shape index (κ2) is 5.21. The Bertz CT molecular complexity index is 577. The molecule has 0 radical (unpaired) electrons. The Morgan fingerprint density at radius 1 is 1.20 bits per heavy atom. The molecule has 0 spiro atoms. The van der Waals surface area contributed by atoms with Crippen LogP contribution < -0.4 is 4.39 Å². The van der Waals surface area contributed by atoms with Crippen molar-refractivity contribution in [3.05, 3.63) is 17.0 Å². The predicted octanol–water partition coefficient (Wildman–Crippen LogP) is 3.26. The Hall–Kier alpha value is -0.213. The lowest BCUT2D eigenvalue weighted by Crippen LogP contribution is -2.54. The molecule has 2 N–H and O–H groups in total. The molecule has 0 saturated carbocycles. The fraction of sp³-hybridized carbons (Fsp3) is 0.692. The van der Waals surface area contributed by atoms with Gasteiger partial charge in [-0.3, -0.25) is 0 Å². The van der Waals surface area contributed by atoms with Crippen molar-refractivity contribution in [2.24, 2.45) is 0 Å². The first-order chi connectivity index (χ1) is 8.67. The molecule has 1 aromatic heterocycles. The van der Waals surface area contributed by atoms with Crippen molar-refractivity contribution in [1.29, 1.82) is 0 Å². The fourth-order valence-electron chi connectivity index (χ4n) is 1.32. The zero-order valence-electron chi connectivity index (χ0n) is 13.2. The average Bonchev–Trinajstić information content (AvgIpc) is 2.61. The lowest BCUT2D eigenvalue weighted by molar-refractivity contribution is 0.0789. The fourth-order valence-corrected chi connectivity index (χ4v) is 7.73. The highest BCUT2D eigenvalue weighted by Gasteiger charge is 2.40. The number of sulfonamides is 1. The number of nitrogens with one attached hydrogen (secondary N) is 1. The zero-order valence-corrected chi connectivity index (χ0v) is 15.9. The summed E-state index contributed by atoms with van der Waals surface area (Å²) >= 11 is 1.15. The van der Waals surface area contributed by atoms with Gasteiger partial charge in [0.2, 0.25) is 10.0 Å². The van der Waals surface area contributed by atoms with Gasteiger partial charge < -0.3 is 5.11 Å². The molecule has 1 heterocycles. The normalized spacial score (nSPS) is 14.6. The van der Waals surface area contributed by atoms with Crippen LogP contribution in [0.4, 0.5) is 0 Å². The molecule has 20 heavy (non-hydrogen) atoms. The van der Waals surface area contributed by atoms with Crippen molar-refractivity contribution in [2.75, 3.05) is 0 Å². The van der Waals surface area contributed by atoms with Gasteiger partial charge in [0.05, 0.1) is 5.60 Å². The number of rotatable bonds is 4. The van der Waals surface area contributed by atoms with Crippen LogP contribution in [0.5, 0.6) is 0 Å². The predicted molar refractivity (Wildman–Crippen MR) is 87.1 cm³/mol. The number of hydrogen-bond donors (Lipinski definition) is 2. The third-order valence-electron chi connectivity index (χ3n) is 3.81. The largest absolute Gasteiger partial charge is 0.386 e. The minimum atomic E-state index is -3.52. The molecule has 1 rings (SSSR count). The summed E-state index contributed by atoms with van der Waals surface area (Å²) in [6.07, 6.45) is 0. The van der Waals surface area contributed by atoms with Gasteiger partial charge in [0.25, 0.3) is 0 Å². The summed E-state index contributed by atoms with van der Waals surface area (Å²) in [6.45, 7) is 13.5. The maximum atomic E-state index is 12.5. The first kappa shape index (κ1) is 17.8. The van der Waals surface area contributed by atoms with Crippen LogP contribution in [0.25, 0.3) is 0 Å². The van der Waals surface area contributed by atoms with Crippen LogP contribution in [0.2, 0.25) is 18.1 Å². The highest BCUT2D eigenvalue weighted by molar-refractivity contribution is 7.93. The van der Waals surface area contributed by atoms with Gasteiger partial charge in [0.1, 0.15) is 12.4 Å². The Balaban J connectivity index is 3.10. The van der Waals surface area contributed by atoms with E-state index in [1.54, 1.807) is 25.3 Å². The van der Waals surface area contributed by atoms with Crippen molar-refractivity contribution in [2.45, 2.75) is 62.6 Å². The Morgan fingerprint density at radius 2 is 1.70 bits per heavy atom. The SMILES string of the molecule is CC(C)(O)c1csc(S(=O)(=O)N[Si](C)(C)C(C)(C)C)c1. The van der Waals surface area contributed by atoms with E-state index in [9.17, 15) is 13.5 Å². The van der Waals surface area contributed by atoms with Gasteiger partial charge in [-0.2, -0.15) is 0 Å². The maximum absolute atomic E-state index is 12.5. The van der Waals surface area contributed by atoms with Crippen molar-refractivity contribution in [3.8, 4) is 0 Å². The van der Waals surface area contributed by atoms with Crippen LogP contribution in [0.1, 0.15) is 40.2 Å². The maximum Gasteiger partial charge on any atom is 0.244 e. The molecule has 0 amide bonds. The van der Waals surface area contributed by atoms with Crippen LogP contribution >= 0.6 is 11.3 Å². The molecular weight excluding hydrogens is 310 g/mol. The summed E-state index contributed by atoms with van der Waals surface area (Å²) < 4.78 is 28.1. The first-order valence-electron chi connectivity index (χ1n) is 6.52. The second-order valence-corrected chi connectivity index (χ2v) is 15.4. The Kier molecular flexibility index (Phi) is 4.64. The molecule has 0 aliphatic carbocycles. The van der Waals surface area contributed by atoms with Gasteiger partial charge in [-0.05, 0) is 35.9 Å². The Labute approximate surface area is 127 Å². The quantitative estimate of drug-likeness (QED) is 0.830. The lowest BCUT2D eigenvalue weighted by Gasteiger charge is -2.36. The van der Waals surface area contributed by atoms with Crippen molar-refractivity contribution < 1.29 is 13.5 Å². The minimum Gasteiger partial charge on any atom is -0.386 e. The zero-order chi connectivity index (χ0) is 16.0. The van der Waals surface area contributed by atoms with Gasteiger partial charge in [-0.15, -0.1) is 11.3 Å². The minimum absolute atomic E-state index is 0.0730. The van der Waals surface area contributed by atoms with E-state index in [1.165, 1.54) is 0 Å². The average molecular weight is 336 g/mol. The van der Waals surface area contributed by atoms with E-state index in [4.69, 9.17) is 0 Å².